The second kappa shape index (κ2) is 3.94. The zero-order chi connectivity index (χ0) is 11.7. The summed E-state index contributed by atoms with van der Waals surface area (Å²) in [6, 6.07) is 4.59. The summed E-state index contributed by atoms with van der Waals surface area (Å²) in [6.07, 6.45) is 0. The number of alkyl halides is 1. The Morgan fingerprint density at radius 2 is 2.12 bits per heavy atom. The summed E-state index contributed by atoms with van der Waals surface area (Å²) in [6.45, 7) is 0. The highest BCUT2D eigenvalue weighted by Gasteiger charge is 2.27. The van der Waals surface area contributed by atoms with Crippen LogP contribution in [0.1, 0.15) is 10.4 Å². The van der Waals surface area contributed by atoms with Crippen LogP contribution in [-0.4, -0.2) is 23.5 Å². The second-order valence-corrected chi connectivity index (χ2v) is 3.49. The average Bonchev–Trinajstić information content (AvgIpc) is 2.55. The Hall–Kier alpha value is -1.88. The van der Waals surface area contributed by atoms with Gasteiger partial charge in [-0.25, -0.2) is 0 Å². The summed E-state index contributed by atoms with van der Waals surface area (Å²) in [5, 5.41) is 4.91. The number of rotatable bonds is 2. The lowest BCUT2D eigenvalue weighted by Gasteiger charge is -2.04. The third-order valence-corrected chi connectivity index (χ3v) is 2.37. The number of nitrogens with one attached hydrogen (secondary N) is 2. The molecule has 2 amide bonds. The molecule has 0 saturated carbocycles. The van der Waals surface area contributed by atoms with E-state index < -0.39 is 11.7 Å². The maximum absolute atomic E-state index is 11.4. The topological polar surface area (TPSA) is 75.3 Å². The first kappa shape index (κ1) is 10.6. The Balaban J connectivity index is 2.30. The van der Waals surface area contributed by atoms with Gasteiger partial charge in [0.2, 0.25) is 5.91 Å². The summed E-state index contributed by atoms with van der Waals surface area (Å²) in [4.78, 5) is 33.4. The van der Waals surface area contributed by atoms with Crippen LogP contribution in [0.4, 0.5) is 11.4 Å². The number of hydrogen-bond donors (Lipinski definition) is 2. The van der Waals surface area contributed by atoms with Gasteiger partial charge in [-0.05, 0) is 18.2 Å². The normalized spacial score (nSPS) is 13.3. The zero-order valence-corrected chi connectivity index (χ0v) is 8.80. The molecule has 1 aromatic rings. The lowest BCUT2D eigenvalue weighted by atomic mass is 10.1. The van der Waals surface area contributed by atoms with Gasteiger partial charge in [-0.3, -0.25) is 14.4 Å². The van der Waals surface area contributed by atoms with Gasteiger partial charge >= 0.3 is 0 Å². The highest BCUT2D eigenvalue weighted by atomic mass is 35.5. The fraction of sp³-hybridized carbons (Fsp3) is 0.100. The molecule has 16 heavy (non-hydrogen) atoms. The first-order chi connectivity index (χ1) is 7.61. The van der Waals surface area contributed by atoms with E-state index in [1.165, 1.54) is 6.07 Å². The fourth-order valence-corrected chi connectivity index (χ4v) is 1.48. The van der Waals surface area contributed by atoms with Gasteiger partial charge in [-0.1, -0.05) is 0 Å². The molecular weight excluding hydrogens is 232 g/mol. The van der Waals surface area contributed by atoms with Gasteiger partial charge in [0.15, 0.2) is 0 Å². The van der Waals surface area contributed by atoms with Crippen LogP contribution in [0.2, 0.25) is 0 Å². The minimum atomic E-state index is -0.657. The number of ketones is 1. The smallest absolute Gasteiger partial charge is 0.296 e. The van der Waals surface area contributed by atoms with Crippen molar-refractivity contribution in [2.24, 2.45) is 0 Å². The van der Waals surface area contributed by atoms with E-state index in [0.29, 0.717) is 11.4 Å². The van der Waals surface area contributed by atoms with Crippen molar-refractivity contribution < 1.29 is 14.4 Å². The number of amides is 2. The number of anilines is 2. The quantitative estimate of drug-likeness (QED) is 0.596. The summed E-state index contributed by atoms with van der Waals surface area (Å²) < 4.78 is 0. The van der Waals surface area contributed by atoms with E-state index in [2.05, 4.69) is 10.6 Å². The predicted molar refractivity (Wildman–Crippen MR) is 58.8 cm³/mol. The third kappa shape index (κ3) is 1.77. The van der Waals surface area contributed by atoms with E-state index in [9.17, 15) is 14.4 Å². The van der Waals surface area contributed by atoms with Crippen LogP contribution in [0.5, 0.6) is 0 Å². The van der Waals surface area contributed by atoms with Crippen molar-refractivity contribution in [2.75, 3.05) is 16.5 Å². The first-order valence-electron chi connectivity index (χ1n) is 4.47. The van der Waals surface area contributed by atoms with Crippen molar-refractivity contribution in [1.82, 2.24) is 0 Å². The average molecular weight is 239 g/mol. The second-order valence-electron chi connectivity index (χ2n) is 3.23. The molecule has 5 nitrogen and oxygen atoms in total. The van der Waals surface area contributed by atoms with E-state index in [0.717, 1.165) is 0 Å². The van der Waals surface area contributed by atoms with Crippen molar-refractivity contribution >= 4 is 40.6 Å². The molecule has 0 aromatic heterocycles. The molecule has 1 aliphatic heterocycles. The van der Waals surface area contributed by atoms with E-state index in [1.54, 1.807) is 12.1 Å². The van der Waals surface area contributed by atoms with Crippen molar-refractivity contribution in [3.05, 3.63) is 23.8 Å². The molecule has 0 saturated heterocycles. The highest BCUT2D eigenvalue weighted by molar-refractivity contribution is 6.51. The van der Waals surface area contributed by atoms with Crippen LogP contribution in [0.3, 0.4) is 0 Å². The van der Waals surface area contributed by atoms with Crippen molar-refractivity contribution in [3.63, 3.8) is 0 Å². The Labute approximate surface area is 95.8 Å². The Kier molecular flexibility index (Phi) is 2.62. The van der Waals surface area contributed by atoms with Gasteiger partial charge in [0.25, 0.3) is 11.7 Å². The van der Waals surface area contributed by atoms with Crippen LogP contribution < -0.4 is 10.6 Å². The third-order valence-electron chi connectivity index (χ3n) is 2.12. The molecule has 1 heterocycles. The van der Waals surface area contributed by atoms with Gasteiger partial charge < -0.3 is 10.6 Å². The maximum atomic E-state index is 11.4. The van der Waals surface area contributed by atoms with Crippen molar-refractivity contribution in [1.29, 1.82) is 0 Å². The Morgan fingerprint density at radius 3 is 2.81 bits per heavy atom. The fourth-order valence-electron chi connectivity index (χ4n) is 1.41. The van der Waals surface area contributed by atoms with Crippen molar-refractivity contribution in [3.8, 4) is 0 Å². The zero-order valence-electron chi connectivity index (χ0n) is 8.04. The number of halogens is 1. The van der Waals surface area contributed by atoms with E-state index in [1.807, 2.05) is 0 Å². The molecule has 2 rings (SSSR count). The number of hydrogen-bond acceptors (Lipinski definition) is 3. The van der Waals surface area contributed by atoms with Crippen LogP contribution in [0, 0.1) is 0 Å². The van der Waals surface area contributed by atoms with Gasteiger partial charge in [-0.15, -0.1) is 11.6 Å². The number of benzene rings is 1. The molecule has 0 fully saturated rings. The predicted octanol–water partition coefficient (Wildman–Crippen LogP) is 0.999. The lowest BCUT2D eigenvalue weighted by molar-refractivity contribution is -0.114. The molecule has 0 bridgehead atoms. The molecule has 1 aromatic carbocycles. The first-order valence-corrected chi connectivity index (χ1v) is 5.01. The van der Waals surface area contributed by atoms with Crippen molar-refractivity contribution in [2.45, 2.75) is 0 Å². The van der Waals surface area contributed by atoms with Crippen LogP contribution in [-0.2, 0) is 9.59 Å². The molecule has 82 valence electrons. The molecule has 0 unspecified atom stereocenters. The van der Waals surface area contributed by atoms with E-state index >= 15 is 0 Å². The SMILES string of the molecule is O=C(CCl)Nc1ccc2c(c1)C(=O)C(=O)N2. The summed E-state index contributed by atoms with van der Waals surface area (Å²) in [7, 11) is 0. The number of carbonyl (C=O) groups excluding carboxylic acids is 3. The standard InChI is InChI=1S/C10H7ClN2O3/c11-4-8(14)12-5-1-2-7-6(3-5)9(15)10(16)13-7/h1-3H,4H2,(H,12,14)(H,13,15,16). The summed E-state index contributed by atoms with van der Waals surface area (Å²) >= 11 is 5.33. The molecule has 0 atom stereocenters. The number of carbonyl (C=O) groups is 3. The Morgan fingerprint density at radius 1 is 1.38 bits per heavy atom. The van der Waals surface area contributed by atoms with Crippen LogP contribution >= 0.6 is 11.6 Å². The maximum Gasteiger partial charge on any atom is 0.296 e. The molecular formula is C10H7ClN2O3. The lowest BCUT2D eigenvalue weighted by Crippen LogP contribution is -2.13. The summed E-state index contributed by atoms with van der Waals surface area (Å²) in [5.74, 6) is -1.79. The molecule has 6 heteroatoms. The van der Waals surface area contributed by atoms with Gasteiger partial charge in [0.05, 0.1) is 11.3 Å². The monoisotopic (exact) mass is 238 g/mol. The summed E-state index contributed by atoms with van der Waals surface area (Å²) in [5.41, 5.74) is 1.16. The molecule has 0 aliphatic carbocycles. The van der Waals surface area contributed by atoms with Gasteiger partial charge in [0.1, 0.15) is 5.88 Å². The molecule has 2 N–H and O–H groups in total. The number of fused-ring (bicyclic) bond motifs is 1. The van der Waals surface area contributed by atoms with Crippen LogP contribution in [0.15, 0.2) is 18.2 Å². The van der Waals surface area contributed by atoms with Gasteiger partial charge in [-0.2, -0.15) is 0 Å². The minimum Gasteiger partial charge on any atom is -0.325 e. The number of Topliss-reactive ketones (excluding diaryl/α,β-unsaturated/α-hetero) is 1. The largest absolute Gasteiger partial charge is 0.325 e. The molecule has 1 aliphatic rings. The van der Waals surface area contributed by atoms with Gasteiger partial charge in [0, 0.05) is 5.69 Å². The van der Waals surface area contributed by atoms with E-state index in [4.69, 9.17) is 11.6 Å². The molecule has 0 spiro atoms. The highest BCUT2D eigenvalue weighted by Crippen LogP contribution is 2.25. The minimum absolute atomic E-state index is 0.164. The Bertz CT molecular complexity index is 499. The molecule has 0 radical (unpaired) electrons. The van der Waals surface area contributed by atoms with E-state index in [-0.39, 0.29) is 17.4 Å². The van der Waals surface area contributed by atoms with Crippen LogP contribution in [0.25, 0.3) is 0 Å².